The van der Waals surface area contributed by atoms with E-state index in [1.807, 2.05) is 47.9 Å². The molecule has 1 heterocycles. The lowest BCUT2D eigenvalue weighted by Gasteiger charge is -2.07. The third-order valence-electron chi connectivity index (χ3n) is 3.69. The summed E-state index contributed by atoms with van der Waals surface area (Å²) in [7, 11) is 0. The standard InChI is InChI=1S/C18H17N3O3/c1-12-19-15-11-13(20-17(22)9-10-18(23)24)7-8-16(15)21(12)14-5-3-2-4-6-14/h2-8,11H,9-10H2,1H3,(H,20,22)(H,23,24). The zero-order valence-electron chi connectivity index (χ0n) is 13.2. The first-order valence-corrected chi connectivity index (χ1v) is 7.61. The van der Waals surface area contributed by atoms with Crippen molar-refractivity contribution in [1.82, 2.24) is 9.55 Å². The van der Waals surface area contributed by atoms with Crippen molar-refractivity contribution in [2.45, 2.75) is 19.8 Å². The number of hydrogen-bond donors (Lipinski definition) is 2. The van der Waals surface area contributed by atoms with Gasteiger partial charge in [-0.05, 0) is 37.3 Å². The highest BCUT2D eigenvalue weighted by molar-refractivity contribution is 5.94. The Kier molecular flexibility index (Phi) is 4.29. The maximum Gasteiger partial charge on any atom is 0.303 e. The van der Waals surface area contributed by atoms with Gasteiger partial charge in [0.25, 0.3) is 0 Å². The normalized spacial score (nSPS) is 10.7. The van der Waals surface area contributed by atoms with E-state index >= 15 is 0 Å². The summed E-state index contributed by atoms with van der Waals surface area (Å²) in [5.41, 5.74) is 3.35. The molecule has 1 amide bonds. The molecule has 0 saturated carbocycles. The van der Waals surface area contributed by atoms with Crippen LogP contribution in [0, 0.1) is 6.92 Å². The van der Waals surface area contributed by atoms with E-state index < -0.39 is 5.97 Å². The van der Waals surface area contributed by atoms with Crippen molar-refractivity contribution in [3.63, 3.8) is 0 Å². The van der Waals surface area contributed by atoms with Gasteiger partial charge in [0.1, 0.15) is 5.82 Å². The second-order valence-corrected chi connectivity index (χ2v) is 5.48. The fourth-order valence-corrected chi connectivity index (χ4v) is 2.63. The third kappa shape index (κ3) is 3.27. The molecule has 2 aromatic carbocycles. The summed E-state index contributed by atoms with van der Waals surface area (Å²) in [4.78, 5) is 26.8. The highest BCUT2D eigenvalue weighted by atomic mass is 16.4. The third-order valence-corrected chi connectivity index (χ3v) is 3.69. The van der Waals surface area contributed by atoms with E-state index in [1.165, 1.54) is 0 Å². The minimum Gasteiger partial charge on any atom is -0.481 e. The van der Waals surface area contributed by atoms with Gasteiger partial charge in [-0.3, -0.25) is 14.2 Å². The van der Waals surface area contributed by atoms with Crippen LogP contribution in [-0.2, 0) is 9.59 Å². The summed E-state index contributed by atoms with van der Waals surface area (Å²) in [5.74, 6) is -0.459. The Bertz CT molecular complexity index is 901. The van der Waals surface area contributed by atoms with Gasteiger partial charge in [0.2, 0.25) is 5.91 Å². The monoisotopic (exact) mass is 323 g/mol. The zero-order valence-corrected chi connectivity index (χ0v) is 13.2. The fraction of sp³-hybridized carbons (Fsp3) is 0.167. The lowest BCUT2D eigenvalue weighted by Crippen LogP contribution is -2.13. The second kappa shape index (κ2) is 6.54. The summed E-state index contributed by atoms with van der Waals surface area (Å²) in [6.45, 7) is 1.93. The van der Waals surface area contributed by atoms with Crippen molar-refractivity contribution in [2.24, 2.45) is 0 Å². The Morgan fingerprint density at radius 2 is 1.88 bits per heavy atom. The molecule has 122 valence electrons. The molecule has 0 aliphatic heterocycles. The van der Waals surface area contributed by atoms with E-state index in [2.05, 4.69) is 10.3 Å². The highest BCUT2D eigenvalue weighted by Gasteiger charge is 2.11. The summed E-state index contributed by atoms with van der Waals surface area (Å²) in [6, 6.07) is 15.4. The van der Waals surface area contributed by atoms with Crippen LogP contribution in [-0.4, -0.2) is 26.5 Å². The van der Waals surface area contributed by atoms with Crippen LogP contribution in [0.2, 0.25) is 0 Å². The first-order valence-electron chi connectivity index (χ1n) is 7.61. The summed E-state index contributed by atoms with van der Waals surface area (Å²) >= 11 is 0. The van der Waals surface area contributed by atoms with Crippen LogP contribution in [0.1, 0.15) is 18.7 Å². The van der Waals surface area contributed by atoms with E-state index in [4.69, 9.17) is 5.11 Å². The van der Waals surface area contributed by atoms with E-state index in [1.54, 1.807) is 12.1 Å². The number of carbonyl (C=O) groups excluding carboxylic acids is 1. The molecule has 0 bridgehead atoms. The number of benzene rings is 2. The van der Waals surface area contributed by atoms with Gasteiger partial charge in [-0.25, -0.2) is 4.98 Å². The van der Waals surface area contributed by atoms with Gasteiger partial charge in [-0.1, -0.05) is 18.2 Å². The number of aryl methyl sites for hydroxylation is 1. The van der Waals surface area contributed by atoms with Crippen molar-refractivity contribution < 1.29 is 14.7 Å². The summed E-state index contributed by atoms with van der Waals surface area (Å²) < 4.78 is 2.05. The molecular formula is C18H17N3O3. The number of carbonyl (C=O) groups is 2. The fourth-order valence-electron chi connectivity index (χ4n) is 2.63. The number of nitrogens with one attached hydrogen (secondary N) is 1. The number of aliphatic carboxylic acids is 1. The molecular weight excluding hydrogens is 306 g/mol. The molecule has 24 heavy (non-hydrogen) atoms. The molecule has 6 nitrogen and oxygen atoms in total. The molecule has 0 aliphatic carbocycles. The Labute approximate surface area is 138 Å². The van der Waals surface area contributed by atoms with Crippen LogP contribution < -0.4 is 5.32 Å². The molecule has 0 aliphatic rings. The van der Waals surface area contributed by atoms with Crippen LogP contribution in [0.15, 0.2) is 48.5 Å². The van der Waals surface area contributed by atoms with Crippen LogP contribution in [0.5, 0.6) is 0 Å². The first kappa shape index (κ1) is 15.7. The number of hydrogen-bond acceptors (Lipinski definition) is 3. The zero-order chi connectivity index (χ0) is 17.1. The molecule has 0 fully saturated rings. The van der Waals surface area contributed by atoms with E-state index in [0.717, 1.165) is 22.5 Å². The molecule has 0 saturated heterocycles. The Morgan fingerprint density at radius 1 is 1.12 bits per heavy atom. The van der Waals surface area contributed by atoms with E-state index in [9.17, 15) is 9.59 Å². The van der Waals surface area contributed by atoms with Crippen molar-refractivity contribution in [2.75, 3.05) is 5.32 Å². The number of fused-ring (bicyclic) bond motifs is 1. The lowest BCUT2D eigenvalue weighted by atomic mass is 10.2. The number of amides is 1. The SMILES string of the molecule is Cc1nc2cc(NC(=O)CCC(=O)O)ccc2n1-c1ccccc1. The molecule has 0 radical (unpaired) electrons. The number of rotatable bonds is 5. The quantitative estimate of drug-likeness (QED) is 0.755. The van der Waals surface area contributed by atoms with Gasteiger partial charge in [0.05, 0.1) is 17.5 Å². The van der Waals surface area contributed by atoms with Gasteiger partial charge in [0, 0.05) is 17.8 Å². The average molecular weight is 323 g/mol. The van der Waals surface area contributed by atoms with Crippen LogP contribution in [0.3, 0.4) is 0 Å². The molecule has 1 aromatic heterocycles. The van der Waals surface area contributed by atoms with Gasteiger partial charge >= 0.3 is 5.97 Å². The summed E-state index contributed by atoms with van der Waals surface area (Å²) in [5, 5.41) is 11.3. The maximum absolute atomic E-state index is 11.7. The predicted molar refractivity (Wildman–Crippen MR) is 91.3 cm³/mol. The van der Waals surface area contributed by atoms with Crippen molar-refractivity contribution in [3.05, 3.63) is 54.4 Å². The number of carboxylic acid groups (broad SMARTS) is 1. The molecule has 6 heteroatoms. The van der Waals surface area contributed by atoms with E-state index in [0.29, 0.717) is 5.69 Å². The first-order chi connectivity index (χ1) is 11.5. The maximum atomic E-state index is 11.7. The minimum atomic E-state index is -0.988. The number of anilines is 1. The minimum absolute atomic E-state index is 0.0507. The van der Waals surface area contributed by atoms with Crippen molar-refractivity contribution in [1.29, 1.82) is 0 Å². The molecule has 2 N–H and O–H groups in total. The molecule has 3 aromatic rings. The molecule has 3 rings (SSSR count). The summed E-state index contributed by atoms with van der Waals surface area (Å²) in [6.07, 6.45) is -0.235. The Morgan fingerprint density at radius 3 is 2.58 bits per heavy atom. The van der Waals surface area contributed by atoms with Crippen LogP contribution in [0.4, 0.5) is 5.69 Å². The highest BCUT2D eigenvalue weighted by Crippen LogP contribution is 2.24. The number of carboxylic acids is 1. The Balaban J connectivity index is 1.88. The molecule has 0 atom stereocenters. The van der Waals surface area contributed by atoms with Crippen molar-refractivity contribution >= 4 is 28.6 Å². The topological polar surface area (TPSA) is 84.2 Å². The number of para-hydroxylation sites is 1. The van der Waals surface area contributed by atoms with Gasteiger partial charge in [-0.15, -0.1) is 0 Å². The molecule has 0 unspecified atom stereocenters. The van der Waals surface area contributed by atoms with Crippen LogP contribution in [0.25, 0.3) is 16.7 Å². The molecule has 0 spiro atoms. The number of imidazole rings is 1. The van der Waals surface area contributed by atoms with Gasteiger partial charge in [0.15, 0.2) is 0 Å². The lowest BCUT2D eigenvalue weighted by molar-refractivity contribution is -0.138. The second-order valence-electron chi connectivity index (χ2n) is 5.48. The Hall–Kier alpha value is -3.15. The largest absolute Gasteiger partial charge is 0.481 e. The smallest absolute Gasteiger partial charge is 0.303 e. The van der Waals surface area contributed by atoms with Gasteiger partial charge < -0.3 is 10.4 Å². The van der Waals surface area contributed by atoms with Gasteiger partial charge in [-0.2, -0.15) is 0 Å². The van der Waals surface area contributed by atoms with Crippen molar-refractivity contribution in [3.8, 4) is 5.69 Å². The predicted octanol–water partition coefficient (Wildman–Crippen LogP) is 3.14. The average Bonchev–Trinajstić information content (AvgIpc) is 2.88. The number of nitrogens with zero attached hydrogens (tertiary/aromatic N) is 2. The van der Waals surface area contributed by atoms with E-state index in [-0.39, 0.29) is 18.7 Å². The van der Waals surface area contributed by atoms with Crippen LogP contribution >= 0.6 is 0 Å². The number of aromatic nitrogens is 2.